The number of aromatic nitrogens is 2. The van der Waals surface area contributed by atoms with Crippen LogP contribution < -0.4 is 5.73 Å². The lowest BCUT2D eigenvalue weighted by Gasteiger charge is -2.08. The van der Waals surface area contributed by atoms with Crippen LogP contribution >= 0.6 is 0 Å². The van der Waals surface area contributed by atoms with E-state index in [2.05, 4.69) is 17.0 Å². The lowest BCUT2D eigenvalue weighted by atomic mass is 10.3. The number of rotatable bonds is 1. The maximum Gasteiger partial charge on any atom is 0.132 e. The molecule has 0 spiro atoms. The van der Waals surface area contributed by atoms with Crippen LogP contribution in [0.1, 0.15) is 11.3 Å². The molecule has 0 amide bonds. The molecule has 1 aliphatic heterocycles. The Morgan fingerprint density at radius 1 is 1.19 bits per heavy atom. The number of benzene rings is 1. The predicted octanol–water partition coefficient (Wildman–Crippen LogP) is 1.40. The van der Waals surface area contributed by atoms with Crippen molar-refractivity contribution in [2.75, 3.05) is 12.8 Å². The molecule has 4 nitrogen and oxygen atoms in total. The van der Waals surface area contributed by atoms with Crippen molar-refractivity contribution in [1.29, 1.82) is 0 Å². The van der Waals surface area contributed by atoms with Crippen LogP contribution in [0.4, 0.5) is 5.82 Å². The van der Waals surface area contributed by atoms with E-state index in [9.17, 15) is 0 Å². The van der Waals surface area contributed by atoms with Gasteiger partial charge in [-0.05, 0) is 19.2 Å². The average molecular weight is 214 g/mol. The molecule has 0 radical (unpaired) electrons. The van der Waals surface area contributed by atoms with Gasteiger partial charge < -0.3 is 5.73 Å². The summed E-state index contributed by atoms with van der Waals surface area (Å²) in [7, 11) is 2.08. The van der Waals surface area contributed by atoms with E-state index >= 15 is 0 Å². The average Bonchev–Trinajstić information content (AvgIpc) is 2.79. The fraction of sp³-hybridized carbons (Fsp3) is 0.250. The molecule has 3 rings (SSSR count). The molecule has 16 heavy (non-hydrogen) atoms. The van der Waals surface area contributed by atoms with E-state index in [0.29, 0.717) is 0 Å². The Balaban J connectivity index is 2.09. The first-order valence-electron chi connectivity index (χ1n) is 5.36. The van der Waals surface area contributed by atoms with Gasteiger partial charge in [-0.25, -0.2) is 4.68 Å². The molecule has 2 N–H and O–H groups in total. The molecule has 0 unspecified atom stereocenters. The Kier molecular flexibility index (Phi) is 1.97. The smallest absolute Gasteiger partial charge is 0.132 e. The second kappa shape index (κ2) is 3.35. The number of anilines is 1. The SMILES string of the molecule is CN1Cc2nn(-c3ccccc3)c(N)c2C1. The van der Waals surface area contributed by atoms with Crippen molar-refractivity contribution < 1.29 is 0 Å². The molecule has 1 aromatic carbocycles. The second-order valence-corrected chi connectivity index (χ2v) is 4.23. The molecule has 2 aromatic rings. The van der Waals surface area contributed by atoms with Gasteiger partial charge in [-0.15, -0.1) is 0 Å². The van der Waals surface area contributed by atoms with Crippen LogP contribution in [0.5, 0.6) is 0 Å². The number of nitrogen functional groups attached to an aromatic ring is 1. The number of hydrogen-bond acceptors (Lipinski definition) is 3. The van der Waals surface area contributed by atoms with Gasteiger partial charge in [-0.3, -0.25) is 4.90 Å². The molecule has 0 saturated carbocycles. The minimum Gasteiger partial charge on any atom is -0.383 e. The number of hydrogen-bond donors (Lipinski definition) is 1. The Morgan fingerprint density at radius 3 is 2.62 bits per heavy atom. The second-order valence-electron chi connectivity index (χ2n) is 4.23. The highest BCUT2D eigenvalue weighted by Crippen LogP contribution is 2.27. The quantitative estimate of drug-likeness (QED) is 0.780. The van der Waals surface area contributed by atoms with Gasteiger partial charge >= 0.3 is 0 Å². The zero-order chi connectivity index (χ0) is 11.1. The maximum absolute atomic E-state index is 6.12. The van der Waals surface area contributed by atoms with Gasteiger partial charge in [-0.1, -0.05) is 18.2 Å². The molecule has 0 aliphatic carbocycles. The first kappa shape index (κ1) is 9.42. The van der Waals surface area contributed by atoms with Gasteiger partial charge in [0.15, 0.2) is 0 Å². The third-order valence-corrected chi connectivity index (χ3v) is 2.95. The zero-order valence-corrected chi connectivity index (χ0v) is 9.22. The Labute approximate surface area is 94.3 Å². The van der Waals surface area contributed by atoms with E-state index in [1.807, 2.05) is 35.0 Å². The van der Waals surface area contributed by atoms with Gasteiger partial charge in [0.1, 0.15) is 5.82 Å². The van der Waals surface area contributed by atoms with E-state index in [-0.39, 0.29) is 0 Å². The summed E-state index contributed by atoms with van der Waals surface area (Å²) in [5, 5.41) is 4.56. The van der Waals surface area contributed by atoms with Gasteiger partial charge in [0, 0.05) is 18.7 Å². The maximum atomic E-state index is 6.12. The molecule has 0 saturated heterocycles. The topological polar surface area (TPSA) is 47.1 Å². The van der Waals surface area contributed by atoms with Crippen LogP contribution in [-0.4, -0.2) is 21.7 Å². The fourth-order valence-corrected chi connectivity index (χ4v) is 2.16. The van der Waals surface area contributed by atoms with Gasteiger partial charge in [-0.2, -0.15) is 5.10 Å². The molecule has 0 atom stereocenters. The fourth-order valence-electron chi connectivity index (χ4n) is 2.16. The minimum absolute atomic E-state index is 0.769. The van der Waals surface area contributed by atoms with Crippen LogP contribution in [0.25, 0.3) is 5.69 Å². The van der Waals surface area contributed by atoms with E-state index in [1.54, 1.807) is 0 Å². The normalized spacial score (nSPS) is 15.3. The van der Waals surface area contributed by atoms with Gasteiger partial charge in [0.2, 0.25) is 0 Å². The summed E-state index contributed by atoms with van der Waals surface area (Å²) in [6.07, 6.45) is 0. The van der Waals surface area contributed by atoms with E-state index in [1.165, 1.54) is 5.56 Å². The summed E-state index contributed by atoms with van der Waals surface area (Å²) < 4.78 is 1.83. The zero-order valence-electron chi connectivity index (χ0n) is 9.22. The number of nitrogens with zero attached hydrogens (tertiary/aromatic N) is 3. The summed E-state index contributed by atoms with van der Waals surface area (Å²) >= 11 is 0. The predicted molar refractivity (Wildman–Crippen MR) is 63.1 cm³/mol. The Bertz CT molecular complexity index is 515. The van der Waals surface area contributed by atoms with Crippen molar-refractivity contribution in [2.24, 2.45) is 0 Å². The highest BCUT2D eigenvalue weighted by atomic mass is 15.3. The van der Waals surface area contributed by atoms with Crippen molar-refractivity contribution in [3.8, 4) is 5.69 Å². The van der Waals surface area contributed by atoms with Gasteiger partial charge in [0.05, 0.1) is 11.4 Å². The molecular formula is C12H14N4. The van der Waals surface area contributed by atoms with Crippen LogP contribution in [0.3, 0.4) is 0 Å². The van der Waals surface area contributed by atoms with Crippen LogP contribution in [0.15, 0.2) is 30.3 Å². The van der Waals surface area contributed by atoms with Crippen molar-refractivity contribution in [3.05, 3.63) is 41.6 Å². The van der Waals surface area contributed by atoms with Crippen LogP contribution in [0, 0.1) is 0 Å². The summed E-state index contributed by atoms with van der Waals surface area (Å²) in [6.45, 7) is 1.79. The van der Waals surface area contributed by atoms with Crippen molar-refractivity contribution in [1.82, 2.24) is 14.7 Å². The number of fused-ring (bicyclic) bond motifs is 1. The van der Waals surface area contributed by atoms with Crippen LogP contribution in [-0.2, 0) is 13.1 Å². The van der Waals surface area contributed by atoms with Crippen molar-refractivity contribution >= 4 is 5.82 Å². The molecule has 82 valence electrons. The number of para-hydroxylation sites is 1. The molecule has 0 fully saturated rings. The Hall–Kier alpha value is -1.81. The van der Waals surface area contributed by atoms with Crippen molar-refractivity contribution in [2.45, 2.75) is 13.1 Å². The minimum atomic E-state index is 0.769. The molecule has 2 heterocycles. The monoisotopic (exact) mass is 214 g/mol. The lowest BCUT2D eigenvalue weighted by Crippen LogP contribution is -2.12. The van der Waals surface area contributed by atoms with E-state index in [4.69, 9.17) is 5.73 Å². The Morgan fingerprint density at radius 2 is 1.94 bits per heavy atom. The first-order valence-corrected chi connectivity index (χ1v) is 5.36. The largest absolute Gasteiger partial charge is 0.383 e. The van der Waals surface area contributed by atoms with Crippen LogP contribution in [0.2, 0.25) is 0 Å². The summed E-state index contributed by atoms with van der Waals surface area (Å²) in [4.78, 5) is 2.21. The molecule has 4 heteroatoms. The van der Waals surface area contributed by atoms with E-state index < -0.39 is 0 Å². The highest BCUT2D eigenvalue weighted by molar-refractivity contribution is 5.51. The standard InChI is InChI=1S/C12H14N4/c1-15-7-10-11(8-15)14-16(12(10)13)9-5-3-2-4-6-9/h2-6H,7-8,13H2,1H3. The van der Waals surface area contributed by atoms with Crippen molar-refractivity contribution in [3.63, 3.8) is 0 Å². The third kappa shape index (κ3) is 1.31. The molecule has 0 bridgehead atoms. The third-order valence-electron chi connectivity index (χ3n) is 2.95. The highest BCUT2D eigenvalue weighted by Gasteiger charge is 2.24. The number of nitrogens with two attached hydrogens (primary N) is 1. The summed E-state index contributed by atoms with van der Waals surface area (Å²) in [5.41, 5.74) is 9.42. The van der Waals surface area contributed by atoms with E-state index in [0.717, 1.165) is 30.3 Å². The molecular weight excluding hydrogens is 200 g/mol. The molecule has 1 aromatic heterocycles. The lowest BCUT2D eigenvalue weighted by molar-refractivity contribution is 0.348. The summed E-state index contributed by atoms with van der Waals surface area (Å²) in [6, 6.07) is 10.0. The summed E-state index contributed by atoms with van der Waals surface area (Å²) in [5.74, 6) is 0.769. The molecule has 1 aliphatic rings. The first-order chi connectivity index (χ1) is 7.75. The van der Waals surface area contributed by atoms with Gasteiger partial charge in [0.25, 0.3) is 0 Å².